The highest BCUT2D eigenvalue weighted by molar-refractivity contribution is 5.41. The predicted molar refractivity (Wildman–Crippen MR) is 65.2 cm³/mol. The van der Waals surface area contributed by atoms with Crippen LogP contribution < -0.4 is 5.73 Å². The van der Waals surface area contributed by atoms with E-state index in [0.29, 0.717) is 5.41 Å². The maximum atomic E-state index is 5.92. The van der Waals surface area contributed by atoms with Crippen LogP contribution in [0.3, 0.4) is 0 Å². The third-order valence-corrected chi connectivity index (χ3v) is 3.78. The molecule has 1 heteroatoms. The topological polar surface area (TPSA) is 26.0 Å². The third-order valence-electron chi connectivity index (χ3n) is 3.78. The molecule has 0 saturated heterocycles. The Morgan fingerprint density at radius 3 is 2.40 bits per heavy atom. The molecule has 15 heavy (non-hydrogen) atoms. The summed E-state index contributed by atoms with van der Waals surface area (Å²) in [5, 5.41) is 0. The first kappa shape index (κ1) is 10.7. The molecule has 0 bridgehead atoms. The fourth-order valence-electron chi connectivity index (χ4n) is 2.38. The minimum absolute atomic E-state index is 0.344. The molecule has 1 fully saturated rings. The van der Waals surface area contributed by atoms with Crippen LogP contribution in [0.4, 0.5) is 0 Å². The van der Waals surface area contributed by atoms with Crippen LogP contribution >= 0.6 is 0 Å². The molecule has 1 aromatic rings. The zero-order chi connectivity index (χ0) is 10.9. The molecule has 1 aromatic carbocycles. The molecule has 0 spiro atoms. The van der Waals surface area contributed by atoms with Crippen LogP contribution in [-0.2, 0) is 18.3 Å². The lowest BCUT2D eigenvalue weighted by molar-refractivity contribution is 0.693. The molecule has 1 nitrogen and oxygen atoms in total. The van der Waals surface area contributed by atoms with Crippen LogP contribution in [-0.4, -0.2) is 6.54 Å². The van der Waals surface area contributed by atoms with Gasteiger partial charge in [0, 0.05) is 12.0 Å². The third kappa shape index (κ3) is 1.81. The number of aryl methyl sites for hydroxylation is 2. The monoisotopic (exact) mass is 203 g/mol. The summed E-state index contributed by atoms with van der Waals surface area (Å²) in [6.07, 6.45) is 4.81. The van der Waals surface area contributed by atoms with Crippen molar-refractivity contribution >= 4 is 0 Å². The Hall–Kier alpha value is -0.820. The summed E-state index contributed by atoms with van der Waals surface area (Å²) in [4.78, 5) is 0. The Morgan fingerprint density at radius 2 is 1.93 bits per heavy atom. The van der Waals surface area contributed by atoms with Crippen LogP contribution in [0.5, 0.6) is 0 Å². The summed E-state index contributed by atoms with van der Waals surface area (Å²) in [5.41, 5.74) is 10.7. The van der Waals surface area contributed by atoms with E-state index in [1.807, 2.05) is 0 Å². The average molecular weight is 203 g/mol. The first-order chi connectivity index (χ1) is 7.25. The van der Waals surface area contributed by atoms with Crippen molar-refractivity contribution in [2.24, 2.45) is 5.73 Å². The van der Waals surface area contributed by atoms with Crippen LogP contribution in [0.1, 0.15) is 43.4 Å². The van der Waals surface area contributed by atoms with Gasteiger partial charge in [-0.25, -0.2) is 0 Å². The van der Waals surface area contributed by atoms with E-state index in [9.17, 15) is 0 Å². The van der Waals surface area contributed by atoms with Gasteiger partial charge in [0.25, 0.3) is 0 Å². The van der Waals surface area contributed by atoms with Gasteiger partial charge in [-0.05, 0) is 42.4 Å². The van der Waals surface area contributed by atoms with Crippen molar-refractivity contribution < 1.29 is 0 Å². The molecule has 0 unspecified atom stereocenters. The second-order valence-electron chi connectivity index (χ2n) is 4.68. The smallest absolute Gasteiger partial charge is 0.00790 e. The summed E-state index contributed by atoms with van der Waals surface area (Å²) in [5.74, 6) is 0. The molecule has 0 radical (unpaired) electrons. The number of hydrogen-bond acceptors (Lipinski definition) is 1. The molecule has 1 aliphatic rings. The number of benzene rings is 1. The summed E-state index contributed by atoms with van der Waals surface area (Å²) in [7, 11) is 0. The van der Waals surface area contributed by atoms with Crippen LogP contribution in [0.25, 0.3) is 0 Å². The van der Waals surface area contributed by atoms with E-state index in [2.05, 4.69) is 32.0 Å². The zero-order valence-electron chi connectivity index (χ0n) is 9.84. The highest BCUT2D eigenvalue weighted by atomic mass is 14.7. The molecule has 1 aliphatic carbocycles. The standard InChI is InChI=1S/C14H21N/c1-3-11-5-6-12(4-2)13(9-11)14(10-15)7-8-14/h5-6,9H,3-4,7-8,10,15H2,1-2H3. The lowest BCUT2D eigenvalue weighted by Gasteiger charge is -2.18. The van der Waals surface area contributed by atoms with Gasteiger partial charge in [0.15, 0.2) is 0 Å². The van der Waals surface area contributed by atoms with Crippen molar-refractivity contribution in [2.45, 2.75) is 44.9 Å². The van der Waals surface area contributed by atoms with Crippen molar-refractivity contribution in [1.82, 2.24) is 0 Å². The van der Waals surface area contributed by atoms with Gasteiger partial charge in [-0.3, -0.25) is 0 Å². The fourth-order valence-corrected chi connectivity index (χ4v) is 2.38. The van der Waals surface area contributed by atoms with Gasteiger partial charge in [-0.2, -0.15) is 0 Å². The maximum Gasteiger partial charge on any atom is 0.00790 e. The fraction of sp³-hybridized carbons (Fsp3) is 0.571. The number of rotatable bonds is 4. The van der Waals surface area contributed by atoms with Crippen LogP contribution in [0.15, 0.2) is 18.2 Å². The number of hydrogen-bond donors (Lipinski definition) is 1. The van der Waals surface area contributed by atoms with Gasteiger partial charge >= 0.3 is 0 Å². The largest absolute Gasteiger partial charge is 0.330 e. The first-order valence-corrected chi connectivity index (χ1v) is 6.08. The molecule has 0 aliphatic heterocycles. The predicted octanol–water partition coefficient (Wildman–Crippen LogP) is 2.80. The summed E-state index contributed by atoms with van der Waals surface area (Å²) >= 11 is 0. The highest BCUT2D eigenvalue weighted by Gasteiger charge is 2.43. The van der Waals surface area contributed by atoms with Gasteiger partial charge in [-0.1, -0.05) is 32.0 Å². The molecule has 82 valence electrons. The molecule has 0 heterocycles. The van der Waals surface area contributed by atoms with E-state index in [1.165, 1.54) is 29.5 Å². The van der Waals surface area contributed by atoms with Crippen LogP contribution in [0, 0.1) is 0 Å². The first-order valence-electron chi connectivity index (χ1n) is 6.08. The lowest BCUT2D eigenvalue weighted by atomic mass is 9.88. The Morgan fingerprint density at radius 1 is 1.20 bits per heavy atom. The Labute approximate surface area is 92.7 Å². The van der Waals surface area contributed by atoms with Gasteiger partial charge in [0.05, 0.1) is 0 Å². The van der Waals surface area contributed by atoms with E-state index >= 15 is 0 Å². The molecule has 2 rings (SSSR count). The van der Waals surface area contributed by atoms with E-state index in [4.69, 9.17) is 5.73 Å². The van der Waals surface area contributed by atoms with Gasteiger partial charge in [-0.15, -0.1) is 0 Å². The van der Waals surface area contributed by atoms with E-state index in [1.54, 1.807) is 0 Å². The second kappa shape index (κ2) is 3.97. The summed E-state index contributed by atoms with van der Waals surface area (Å²) in [6.45, 7) is 5.26. The quantitative estimate of drug-likeness (QED) is 0.800. The molecular formula is C14H21N. The number of nitrogens with two attached hydrogens (primary N) is 1. The second-order valence-corrected chi connectivity index (χ2v) is 4.68. The van der Waals surface area contributed by atoms with E-state index in [-0.39, 0.29) is 0 Å². The lowest BCUT2D eigenvalue weighted by Crippen LogP contribution is -2.21. The van der Waals surface area contributed by atoms with Gasteiger partial charge < -0.3 is 5.73 Å². The van der Waals surface area contributed by atoms with E-state index < -0.39 is 0 Å². The van der Waals surface area contributed by atoms with Gasteiger partial charge in [0.1, 0.15) is 0 Å². The van der Waals surface area contributed by atoms with E-state index in [0.717, 1.165) is 19.4 Å². The molecule has 1 saturated carbocycles. The molecule has 2 N–H and O–H groups in total. The average Bonchev–Trinajstić information content (AvgIpc) is 3.09. The molecule has 0 amide bonds. The van der Waals surface area contributed by atoms with Gasteiger partial charge in [0.2, 0.25) is 0 Å². The summed E-state index contributed by atoms with van der Waals surface area (Å²) < 4.78 is 0. The molecular weight excluding hydrogens is 182 g/mol. The molecule has 0 atom stereocenters. The Balaban J connectivity index is 2.42. The maximum absolute atomic E-state index is 5.92. The minimum atomic E-state index is 0.344. The Kier molecular flexibility index (Phi) is 2.83. The zero-order valence-corrected chi connectivity index (χ0v) is 9.84. The Bertz CT molecular complexity index is 350. The highest BCUT2D eigenvalue weighted by Crippen LogP contribution is 2.48. The summed E-state index contributed by atoms with van der Waals surface area (Å²) in [6, 6.07) is 6.94. The van der Waals surface area contributed by atoms with Crippen molar-refractivity contribution in [3.63, 3.8) is 0 Å². The van der Waals surface area contributed by atoms with Crippen molar-refractivity contribution in [3.05, 3.63) is 34.9 Å². The van der Waals surface area contributed by atoms with Crippen molar-refractivity contribution in [2.75, 3.05) is 6.54 Å². The van der Waals surface area contributed by atoms with Crippen molar-refractivity contribution in [3.8, 4) is 0 Å². The normalized spacial score (nSPS) is 17.8. The minimum Gasteiger partial charge on any atom is -0.330 e. The van der Waals surface area contributed by atoms with Crippen LogP contribution in [0.2, 0.25) is 0 Å². The SMILES string of the molecule is CCc1ccc(CC)c(C2(CN)CC2)c1. The molecule has 0 aromatic heterocycles. The van der Waals surface area contributed by atoms with Crippen molar-refractivity contribution in [1.29, 1.82) is 0 Å².